The molecule has 0 radical (unpaired) electrons. The maximum Gasteiger partial charge on any atom is 0.277 e. The van der Waals surface area contributed by atoms with Gasteiger partial charge in [0.2, 0.25) is 5.88 Å². The Morgan fingerprint density at radius 1 is 1.29 bits per heavy atom. The van der Waals surface area contributed by atoms with E-state index in [1.54, 1.807) is 31.6 Å². The van der Waals surface area contributed by atoms with Crippen molar-refractivity contribution < 1.29 is 9.53 Å². The number of carbonyl (C=O) groups is 1. The van der Waals surface area contributed by atoms with Gasteiger partial charge in [-0.2, -0.15) is 10.2 Å². The smallest absolute Gasteiger partial charge is 0.277 e. The average Bonchev–Trinajstić information content (AvgIpc) is 3.15. The minimum Gasteiger partial charge on any atom is -0.475 e. The number of ether oxygens (including phenoxy) is 1. The second kappa shape index (κ2) is 6.53. The molecule has 1 amide bonds. The molecule has 24 heavy (non-hydrogen) atoms. The molecule has 0 aromatic carbocycles. The van der Waals surface area contributed by atoms with Crippen LogP contribution in [0.4, 0.5) is 5.82 Å². The molecule has 3 aromatic rings. The van der Waals surface area contributed by atoms with Crippen molar-refractivity contribution in [3.05, 3.63) is 42.4 Å². The first-order valence-corrected chi connectivity index (χ1v) is 7.51. The van der Waals surface area contributed by atoms with Crippen molar-refractivity contribution in [1.82, 2.24) is 25.0 Å². The lowest BCUT2D eigenvalue weighted by Crippen LogP contribution is -2.13. The quantitative estimate of drug-likeness (QED) is 0.749. The van der Waals surface area contributed by atoms with Crippen molar-refractivity contribution in [3.63, 3.8) is 0 Å². The van der Waals surface area contributed by atoms with Crippen molar-refractivity contribution in [2.24, 2.45) is 7.05 Å². The third kappa shape index (κ3) is 3.43. The van der Waals surface area contributed by atoms with E-state index in [2.05, 4.69) is 25.6 Å². The van der Waals surface area contributed by atoms with Gasteiger partial charge in [-0.25, -0.2) is 4.68 Å². The molecule has 0 aliphatic heterocycles. The summed E-state index contributed by atoms with van der Waals surface area (Å²) in [6.45, 7) is 3.83. The fourth-order valence-electron chi connectivity index (χ4n) is 2.16. The molecule has 2 N–H and O–H groups in total. The summed E-state index contributed by atoms with van der Waals surface area (Å²) in [5.74, 6) is 0.607. The van der Waals surface area contributed by atoms with E-state index in [9.17, 15) is 4.79 Å². The number of pyridine rings is 1. The van der Waals surface area contributed by atoms with Crippen LogP contribution in [-0.4, -0.2) is 37.0 Å². The zero-order valence-corrected chi connectivity index (χ0v) is 13.6. The van der Waals surface area contributed by atoms with Crippen molar-refractivity contribution in [2.75, 3.05) is 5.32 Å². The lowest BCUT2D eigenvalue weighted by atomic mass is 10.2. The molecular weight excluding hydrogens is 308 g/mol. The van der Waals surface area contributed by atoms with Crippen molar-refractivity contribution in [1.29, 1.82) is 0 Å². The van der Waals surface area contributed by atoms with Gasteiger partial charge in [0.05, 0.1) is 11.8 Å². The summed E-state index contributed by atoms with van der Waals surface area (Å²) in [6, 6.07) is 7.06. The molecule has 0 atom stereocenters. The topological polar surface area (TPSA) is 97.7 Å². The second-order valence-corrected chi connectivity index (χ2v) is 5.51. The molecule has 0 bridgehead atoms. The Morgan fingerprint density at radius 3 is 2.75 bits per heavy atom. The molecule has 124 valence electrons. The number of amides is 1. The minimum atomic E-state index is -0.350. The number of nitrogens with one attached hydrogen (secondary N) is 2. The Bertz CT molecular complexity index is 837. The second-order valence-electron chi connectivity index (χ2n) is 5.51. The maximum absolute atomic E-state index is 12.3. The summed E-state index contributed by atoms with van der Waals surface area (Å²) >= 11 is 0. The fraction of sp³-hybridized carbons (Fsp3) is 0.250. The Morgan fingerprint density at radius 2 is 2.04 bits per heavy atom. The Labute approximate surface area is 138 Å². The Hall–Kier alpha value is -3.16. The van der Waals surface area contributed by atoms with Gasteiger partial charge in [-0.3, -0.25) is 14.9 Å². The third-order valence-corrected chi connectivity index (χ3v) is 3.24. The summed E-state index contributed by atoms with van der Waals surface area (Å²) in [7, 11) is 1.73. The SMILES string of the molecule is CC(C)Oc1cc(C(=O)Nc2cc(-c3ccncc3)[nH]n2)nn1C. The first-order valence-electron chi connectivity index (χ1n) is 7.51. The number of carbonyl (C=O) groups excluding carboxylic acids is 1. The summed E-state index contributed by atoms with van der Waals surface area (Å²) in [5.41, 5.74) is 1.99. The number of aryl methyl sites for hydroxylation is 1. The van der Waals surface area contributed by atoms with Crippen molar-refractivity contribution in [2.45, 2.75) is 20.0 Å². The van der Waals surface area contributed by atoms with Gasteiger partial charge in [-0.05, 0) is 26.0 Å². The van der Waals surface area contributed by atoms with Gasteiger partial charge < -0.3 is 10.1 Å². The van der Waals surface area contributed by atoms with E-state index >= 15 is 0 Å². The van der Waals surface area contributed by atoms with Gasteiger partial charge in [-0.15, -0.1) is 0 Å². The van der Waals surface area contributed by atoms with E-state index in [0.717, 1.165) is 11.3 Å². The van der Waals surface area contributed by atoms with Gasteiger partial charge in [0.25, 0.3) is 5.91 Å². The van der Waals surface area contributed by atoms with Crippen LogP contribution in [0.2, 0.25) is 0 Å². The van der Waals surface area contributed by atoms with Crippen LogP contribution in [0.3, 0.4) is 0 Å². The molecule has 0 aliphatic rings. The van der Waals surface area contributed by atoms with Crippen LogP contribution in [0.15, 0.2) is 36.7 Å². The van der Waals surface area contributed by atoms with E-state index in [0.29, 0.717) is 11.7 Å². The first-order chi connectivity index (χ1) is 11.5. The molecule has 0 unspecified atom stereocenters. The molecule has 3 aromatic heterocycles. The van der Waals surface area contributed by atoms with Crippen LogP contribution in [-0.2, 0) is 7.05 Å². The van der Waals surface area contributed by atoms with Crippen LogP contribution in [0, 0.1) is 0 Å². The monoisotopic (exact) mass is 326 g/mol. The zero-order valence-electron chi connectivity index (χ0n) is 13.6. The van der Waals surface area contributed by atoms with Gasteiger partial charge in [0.1, 0.15) is 0 Å². The number of rotatable bonds is 5. The lowest BCUT2D eigenvalue weighted by Gasteiger charge is -2.07. The molecule has 0 aliphatic carbocycles. The predicted molar refractivity (Wildman–Crippen MR) is 88.7 cm³/mol. The van der Waals surface area contributed by atoms with E-state index < -0.39 is 0 Å². The Balaban J connectivity index is 1.73. The van der Waals surface area contributed by atoms with Crippen LogP contribution in [0.5, 0.6) is 5.88 Å². The summed E-state index contributed by atoms with van der Waals surface area (Å²) in [6.07, 6.45) is 3.39. The number of nitrogens with zero attached hydrogens (tertiary/aromatic N) is 4. The van der Waals surface area contributed by atoms with Gasteiger partial charge in [0, 0.05) is 37.1 Å². The maximum atomic E-state index is 12.3. The standard InChI is InChI=1S/C16H18N6O2/c1-10(2)24-15-9-13(21-22(15)3)16(23)18-14-8-12(19-20-14)11-4-6-17-7-5-11/h4-10H,1-3H3,(H2,18,19,20,23). The van der Waals surface area contributed by atoms with Crippen molar-refractivity contribution in [3.8, 4) is 17.1 Å². The largest absolute Gasteiger partial charge is 0.475 e. The van der Waals surface area contributed by atoms with Crippen LogP contribution in [0.25, 0.3) is 11.3 Å². The molecule has 0 spiro atoms. The number of hydrogen-bond donors (Lipinski definition) is 2. The van der Waals surface area contributed by atoms with Crippen LogP contribution >= 0.6 is 0 Å². The molecule has 3 rings (SSSR count). The normalized spacial score (nSPS) is 10.8. The Kier molecular flexibility index (Phi) is 4.28. The highest BCUT2D eigenvalue weighted by atomic mass is 16.5. The predicted octanol–water partition coefficient (Wildman–Crippen LogP) is 2.24. The van der Waals surface area contributed by atoms with Crippen LogP contribution < -0.4 is 10.1 Å². The van der Waals surface area contributed by atoms with Crippen molar-refractivity contribution >= 4 is 11.7 Å². The van der Waals surface area contributed by atoms with Crippen LogP contribution in [0.1, 0.15) is 24.3 Å². The molecule has 8 nitrogen and oxygen atoms in total. The average molecular weight is 326 g/mol. The van der Waals surface area contributed by atoms with Gasteiger partial charge in [0.15, 0.2) is 11.5 Å². The molecule has 0 saturated carbocycles. The fourth-order valence-corrected chi connectivity index (χ4v) is 2.16. The first kappa shape index (κ1) is 15.7. The van der Waals surface area contributed by atoms with Gasteiger partial charge >= 0.3 is 0 Å². The third-order valence-electron chi connectivity index (χ3n) is 3.24. The molecule has 3 heterocycles. The summed E-state index contributed by atoms with van der Waals surface area (Å²) < 4.78 is 7.11. The van der Waals surface area contributed by atoms with E-state index in [1.165, 1.54) is 4.68 Å². The number of H-pyrrole nitrogens is 1. The highest BCUT2D eigenvalue weighted by Gasteiger charge is 2.16. The number of anilines is 1. The molecule has 0 fully saturated rings. The van der Waals surface area contributed by atoms with E-state index in [1.807, 2.05) is 26.0 Å². The lowest BCUT2D eigenvalue weighted by molar-refractivity contribution is 0.102. The zero-order chi connectivity index (χ0) is 17.1. The minimum absolute atomic E-state index is 0.00516. The van der Waals surface area contributed by atoms with E-state index in [4.69, 9.17) is 4.74 Å². The molecular formula is C16H18N6O2. The number of hydrogen-bond acceptors (Lipinski definition) is 5. The number of aromatic nitrogens is 5. The highest BCUT2D eigenvalue weighted by molar-refractivity contribution is 6.02. The molecule has 0 saturated heterocycles. The molecule has 8 heteroatoms. The van der Waals surface area contributed by atoms with Gasteiger partial charge in [-0.1, -0.05) is 0 Å². The summed E-state index contributed by atoms with van der Waals surface area (Å²) in [5, 5.41) is 13.8. The van der Waals surface area contributed by atoms with E-state index in [-0.39, 0.29) is 17.7 Å². The number of aromatic amines is 1. The highest BCUT2D eigenvalue weighted by Crippen LogP contribution is 2.19. The summed E-state index contributed by atoms with van der Waals surface area (Å²) in [4.78, 5) is 16.3.